The highest BCUT2D eigenvalue weighted by Gasteiger charge is 2.21. The van der Waals surface area contributed by atoms with E-state index in [2.05, 4.69) is 5.32 Å². The van der Waals surface area contributed by atoms with E-state index in [1.54, 1.807) is 13.2 Å². The molecule has 7 heteroatoms. The van der Waals surface area contributed by atoms with Gasteiger partial charge in [-0.15, -0.1) is 0 Å². The number of methoxy groups -OCH3 is 1. The highest BCUT2D eigenvalue weighted by atomic mass is 32.2. The summed E-state index contributed by atoms with van der Waals surface area (Å²) in [6.07, 6.45) is 1.79. The van der Waals surface area contributed by atoms with Crippen LogP contribution in [-0.2, 0) is 4.79 Å². The average molecular weight is 387 g/mol. The Morgan fingerprint density at radius 2 is 1.85 bits per heavy atom. The third-order valence-corrected chi connectivity index (χ3v) is 4.64. The zero-order valence-corrected chi connectivity index (χ0v) is 15.7. The molecular formula is C19H17NO4S2. The molecule has 0 atom stereocenters. The normalized spacial score (nSPS) is 15.0. The fraction of sp³-hybridized carbons (Fsp3) is 0.158. The van der Waals surface area contributed by atoms with Crippen molar-refractivity contribution in [2.75, 3.05) is 20.3 Å². The van der Waals surface area contributed by atoms with Gasteiger partial charge < -0.3 is 19.5 Å². The molecule has 1 amide bonds. The Kier molecular flexibility index (Phi) is 6.14. The van der Waals surface area contributed by atoms with Gasteiger partial charge in [-0.3, -0.25) is 4.79 Å². The topological polar surface area (TPSA) is 56.8 Å². The van der Waals surface area contributed by atoms with E-state index in [1.165, 1.54) is 11.8 Å². The van der Waals surface area contributed by atoms with Crippen LogP contribution in [0.4, 0.5) is 0 Å². The van der Waals surface area contributed by atoms with E-state index in [0.717, 1.165) is 5.56 Å². The van der Waals surface area contributed by atoms with Crippen LogP contribution in [0.25, 0.3) is 6.08 Å². The molecule has 0 bridgehead atoms. The quantitative estimate of drug-likeness (QED) is 0.445. The first-order valence-corrected chi connectivity index (χ1v) is 9.12. The van der Waals surface area contributed by atoms with Crippen molar-refractivity contribution in [3.05, 3.63) is 59.0 Å². The lowest BCUT2D eigenvalue weighted by atomic mass is 10.2. The van der Waals surface area contributed by atoms with Crippen molar-refractivity contribution in [2.45, 2.75) is 0 Å². The minimum atomic E-state index is -0.170. The lowest BCUT2D eigenvalue weighted by Crippen LogP contribution is -2.17. The SMILES string of the molecule is COc1ccccc1OCCOc1cccc(/C=C2\SC(=S)NC2=O)c1. The summed E-state index contributed by atoms with van der Waals surface area (Å²) in [5.74, 6) is 1.90. The van der Waals surface area contributed by atoms with Crippen LogP contribution < -0.4 is 19.5 Å². The summed E-state index contributed by atoms with van der Waals surface area (Å²) in [5, 5.41) is 2.60. The van der Waals surface area contributed by atoms with Gasteiger partial charge in [-0.25, -0.2) is 0 Å². The van der Waals surface area contributed by atoms with Crippen molar-refractivity contribution in [2.24, 2.45) is 0 Å². The summed E-state index contributed by atoms with van der Waals surface area (Å²) >= 11 is 6.24. The van der Waals surface area contributed by atoms with Crippen molar-refractivity contribution in [3.8, 4) is 17.2 Å². The monoisotopic (exact) mass is 387 g/mol. The molecule has 1 saturated heterocycles. The Morgan fingerprint density at radius 3 is 2.58 bits per heavy atom. The molecule has 0 unspecified atom stereocenters. The minimum absolute atomic E-state index is 0.170. The summed E-state index contributed by atoms with van der Waals surface area (Å²) < 4.78 is 17.1. The molecule has 5 nitrogen and oxygen atoms in total. The molecule has 1 heterocycles. The second kappa shape index (κ2) is 8.73. The van der Waals surface area contributed by atoms with Crippen molar-refractivity contribution in [3.63, 3.8) is 0 Å². The van der Waals surface area contributed by atoms with Crippen LogP contribution in [0.5, 0.6) is 17.2 Å². The molecule has 26 heavy (non-hydrogen) atoms. The van der Waals surface area contributed by atoms with Gasteiger partial charge in [0.25, 0.3) is 5.91 Å². The number of carbonyl (C=O) groups excluding carboxylic acids is 1. The van der Waals surface area contributed by atoms with Gasteiger partial charge in [0.15, 0.2) is 11.5 Å². The largest absolute Gasteiger partial charge is 0.493 e. The smallest absolute Gasteiger partial charge is 0.263 e. The van der Waals surface area contributed by atoms with Gasteiger partial charge in [-0.1, -0.05) is 48.2 Å². The first-order chi connectivity index (χ1) is 12.7. The lowest BCUT2D eigenvalue weighted by Gasteiger charge is -2.11. The van der Waals surface area contributed by atoms with Crippen LogP contribution >= 0.6 is 24.0 Å². The molecular weight excluding hydrogens is 370 g/mol. The van der Waals surface area contributed by atoms with Gasteiger partial charge in [0.05, 0.1) is 12.0 Å². The first kappa shape index (κ1) is 18.3. The summed E-state index contributed by atoms with van der Waals surface area (Å²) in [5.41, 5.74) is 0.871. The molecule has 0 aromatic heterocycles. The van der Waals surface area contributed by atoms with Crippen LogP contribution in [0.3, 0.4) is 0 Å². The maximum absolute atomic E-state index is 11.7. The molecule has 3 rings (SSSR count). The molecule has 0 radical (unpaired) electrons. The lowest BCUT2D eigenvalue weighted by molar-refractivity contribution is -0.115. The summed E-state index contributed by atoms with van der Waals surface area (Å²) in [4.78, 5) is 12.3. The fourth-order valence-electron chi connectivity index (χ4n) is 2.32. The van der Waals surface area contributed by atoms with Crippen LogP contribution in [0.1, 0.15) is 5.56 Å². The van der Waals surface area contributed by atoms with Gasteiger partial charge in [-0.2, -0.15) is 0 Å². The first-order valence-electron chi connectivity index (χ1n) is 7.89. The highest BCUT2D eigenvalue weighted by Crippen LogP contribution is 2.27. The zero-order chi connectivity index (χ0) is 18.4. The predicted molar refractivity (Wildman–Crippen MR) is 107 cm³/mol. The molecule has 1 N–H and O–H groups in total. The molecule has 134 valence electrons. The molecule has 0 spiro atoms. The number of amides is 1. The van der Waals surface area contributed by atoms with Gasteiger partial charge in [-0.05, 0) is 35.9 Å². The number of nitrogens with one attached hydrogen (secondary N) is 1. The highest BCUT2D eigenvalue weighted by molar-refractivity contribution is 8.26. The number of para-hydroxylation sites is 2. The number of thioether (sulfide) groups is 1. The van der Waals surface area contributed by atoms with E-state index >= 15 is 0 Å². The van der Waals surface area contributed by atoms with Crippen molar-refractivity contribution < 1.29 is 19.0 Å². The van der Waals surface area contributed by atoms with Gasteiger partial charge >= 0.3 is 0 Å². The Balaban J connectivity index is 1.55. The molecule has 1 aliphatic heterocycles. The van der Waals surface area contributed by atoms with Crippen LogP contribution in [0, 0.1) is 0 Å². The van der Waals surface area contributed by atoms with E-state index in [4.69, 9.17) is 26.4 Å². The van der Waals surface area contributed by atoms with Gasteiger partial charge in [0, 0.05) is 0 Å². The number of thiocarbonyl (C=S) groups is 1. The maximum Gasteiger partial charge on any atom is 0.263 e. The predicted octanol–water partition coefficient (Wildman–Crippen LogP) is 3.64. The van der Waals surface area contributed by atoms with Gasteiger partial charge in [0.2, 0.25) is 0 Å². The van der Waals surface area contributed by atoms with Crippen LogP contribution in [0.15, 0.2) is 53.4 Å². The third-order valence-electron chi connectivity index (χ3n) is 3.48. The van der Waals surface area contributed by atoms with Crippen LogP contribution in [-0.4, -0.2) is 30.6 Å². The number of hydrogen-bond donors (Lipinski definition) is 1. The van der Waals surface area contributed by atoms with Gasteiger partial charge in [0.1, 0.15) is 23.3 Å². The number of hydrogen-bond acceptors (Lipinski definition) is 6. The van der Waals surface area contributed by atoms with Crippen LogP contribution in [0.2, 0.25) is 0 Å². The fourth-order valence-corrected chi connectivity index (χ4v) is 3.36. The van der Waals surface area contributed by atoms with Crippen molar-refractivity contribution in [1.29, 1.82) is 0 Å². The molecule has 2 aromatic rings. The summed E-state index contributed by atoms with van der Waals surface area (Å²) in [6, 6.07) is 15.0. The Labute approximate surface area is 161 Å². The number of ether oxygens (including phenoxy) is 3. The Hall–Kier alpha value is -2.51. The second-order valence-electron chi connectivity index (χ2n) is 5.27. The Bertz CT molecular complexity index is 851. The second-order valence-corrected chi connectivity index (χ2v) is 6.99. The number of carbonyl (C=O) groups is 1. The summed E-state index contributed by atoms with van der Waals surface area (Å²) in [7, 11) is 1.61. The van der Waals surface area contributed by atoms with E-state index in [9.17, 15) is 4.79 Å². The maximum atomic E-state index is 11.7. The molecule has 2 aromatic carbocycles. The van der Waals surface area contributed by atoms with E-state index in [-0.39, 0.29) is 5.91 Å². The zero-order valence-electron chi connectivity index (χ0n) is 14.1. The standard InChI is InChI=1S/C19H17NO4S2/c1-22-15-7-2-3-8-16(15)24-10-9-23-14-6-4-5-13(11-14)12-17-18(21)20-19(25)26-17/h2-8,11-12H,9-10H2,1H3,(H,20,21,25)/b17-12-. The van der Waals surface area contributed by atoms with E-state index < -0.39 is 0 Å². The van der Waals surface area contributed by atoms with Crippen molar-refractivity contribution >= 4 is 40.3 Å². The summed E-state index contributed by atoms with van der Waals surface area (Å²) in [6.45, 7) is 0.773. The number of rotatable bonds is 7. The molecule has 0 saturated carbocycles. The van der Waals surface area contributed by atoms with E-state index in [1.807, 2.05) is 48.5 Å². The average Bonchev–Trinajstić information content (AvgIpc) is 2.96. The van der Waals surface area contributed by atoms with Crippen molar-refractivity contribution in [1.82, 2.24) is 5.32 Å². The third kappa shape index (κ3) is 4.77. The molecule has 0 aliphatic carbocycles. The molecule has 1 aliphatic rings. The number of benzene rings is 2. The molecule has 1 fully saturated rings. The minimum Gasteiger partial charge on any atom is -0.493 e. The Morgan fingerprint density at radius 1 is 1.08 bits per heavy atom. The van der Waals surface area contributed by atoms with E-state index in [0.29, 0.717) is 39.7 Å².